The van der Waals surface area contributed by atoms with E-state index in [2.05, 4.69) is 4.98 Å². The SMILES string of the molecule is CCOc1cccnc1C(Cc1ccccc1F)C(=O)O. The van der Waals surface area contributed by atoms with Crippen LogP contribution in [0.1, 0.15) is 24.1 Å². The maximum Gasteiger partial charge on any atom is 0.313 e. The average Bonchev–Trinajstić information content (AvgIpc) is 2.47. The number of rotatable bonds is 6. The van der Waals surface area contributed by atoms with Crippen molar-refractivity contribution in [1.82, 2.24) is 4.98 Å². The number of halogens is 1. The average molecular weight is 289 g/mol. The molecule has 1 aromatic heterocycles. The number of benzene rings is 1. The van der Waals surface area contributed by atoms with Crippen molar-refractivity contribution < 1.29 is 19.0 Å². The van der Waals surface area contributed by atoms with Gasteiger partial charge in [0.1, 0.15) is 17.5 Å². The van der Waals surface area contributed by atoms with Gasteiger partial charge in [0.2, 0.25) is 0 Å². The molecule has 1 heterocycles. The minimum absolute atomic E-state index is 0.0269. The summed E-state index contributed by atoms with van der Waals surface area (Å²) in [6.45, 7) is 2.22. The number of nitrogens with zero attached hydrogens (tertiary/aromatic N) is 1. The lowest BCUT2D eigenvalue weighted by Gasteiger charge is -2.16. The third-order valence-electron chi connectivity index (χ3n) is 3.11. The Balaban J connectivity index is 2.36. The number of aromatic nitrogens is 1. The molecule has 1 atom stereocenters. The summed E-state index contributed by atoms with van der Waals surface area (Å²) in [5.74, 6) is -2.01. The van der Waals surface area contributed by atoms with Crippen molar-refractivity contribution in [1.29, 1.82) is 0 Å². The smallest absolute Gasteiger partial charge is 0.313 e. The molecule has 0 radical (unpaired) electrons. The Morgan fingerprint density at radius 1 is 1.33 bits per heavy atom. The topological polar surface area (TPSA) is 59.4 Å². The number of ether oxygens (including phenoxy) is 1. The molecule has 0 fully saturated rings. The molecule has 0 aliphatic rings. The molecule has 5 heteroatoms. The molecule has 4 nitrogen and oxygen atoms in total. The van der Waals surface area contributed by atoms with Crippen LogP contribution in [0.4, 0.5) is 4.39 Å². The van der Waals surface area contributed by atoms with Crippen molar-refractivity contribution in [2.45, 2.75) is 19.3 Å². The van der Waals surface area contributed by atoms with E-state index in [-0.39, 0.29) is 6.42 Å². The molecule has 0 aliphatic carbocycles. The minimum Gasteiger partial charge on any atom is -0.492 e. The highest BCUT2D eigenvalue weighted by atomic mass is 19.1. The maximum atomic E-state index is 13.7. The number of carboxylic acids is 1. The van der Waals surface area contributed by atoms with Gasteiger partial charge >= 0.3 is 5.97 Å². The van der Waals surface area contributed by atoms with Gasteiger partial charge < -0.3 is 9.84 Å². The molecule has 2 aromatic rings. The van der Waals surface area contributed by atoms with E-state index >= 15 is 0 Å². The maximum absolute atomic E-state index is 13.7. The first-order chi connectivity index (χ1) is 10.1. The van der Waals surface area contributed by atoms with E-state index in [1.54, 1.807) is 30.3 Å². The minimum atomic E-state index is -1.06. The molecule has 0 amide bonds. The molecule has 1 unspecified atom stereocenters. The van der Waals surface area contributed by atoms with Gasteiger partial charge in [-0.3, -0.25) is 9.78 Å². The van der Waals surface area contributed by atoms with Crippen LogP contribution in [0.15, 0.2) is 42.6 Å². The fourth-order valence-electron chi connectivity index (χ4n) is 2.13. The molecular weight excluding hydrogens is 273 g/mol. The summed E-state index contributed by atoms with van der Waals surface area (Å²) < 4.78 is 19.1. The van der Waals surface area contributed by atoms with Crippen LogP contribution in [0.2, 0.25) is 0 Å². The molecule has 110 valence electrons. The predicted molar refractivity (Wildman–Crippen MR) is 75.9 cm³/mol. The highest BCUT2D eigenvalue weighted by Crippen LogP contribution is 2.28. The summed E-state index contributed by atoms with van der Waals surface area (Å²) >= 11 is 0. The summed E-state index contributed by atoms with van der Waals surface area (Å²) in [6, 6.07) is 9.49. The third kappa shape index (κ3) is 3.56. The highest BCUT2D eigenvalue weighted by molar-refractivity contribution is 5.76. The molecule has 1 aromatic carbocycles. The van der Waals surface area contributed by atoms with Gasteiger partial charge in [0.05, 0.1) is 12.3 Å². The lowest BCUT2D eigenvalue weighted by molar-refractivity contribution is -0.138. The second-order valence-corrected chi connectivity index (χ2v) is 4.51. The van der Waals surface area contributed by atoms with Crippen molar-refractivity contribution in [3.8, 4) is 5.75 Å². The number of pyridine rings is 1. The van der Waals surface area contributed by atoms with Gasteiger partial charge in [-0.15, -0.1) is 0 Å². The normalized spacial score (nSPS) is 11.9. The predicted octanol–water partition coefficient (Wildman–Crippen LogP) is 3.03. The molecule has 0 saturated carbocycles. The van der Waals surface area contributed by atoms with Gasteiger partial charge in [0.15, 0.2) is 0 Å². The number of hydrogen-bond acceptors (Lipinski definition) is 3. The molecule has 0 bridgehead atoms. The Bertz CT molecular complexity index is 630. The van der Waals surface area contributed by atoms with Crippen LogP contribution in [0.3, 0.4) is 0 Å². The van der Waals surface area contributed by atoms with Gasteiger partial charge in [-0.05, 0) is 37.1 Å². The second kappa shape index (κ2) is 6.83. The number of hydrogen-bond donors (Lipinski definition) is 1. The van der Waals surface area contributed by atoms with Crippen LogP contribution in [-0.2, 0) is 11.2 Å². The quantitative estimate of drug-likeness (QED) is 0.888. The van der Waals surface area contributed by atoms with E-state index < -0.39 is 17.7 Å². The Kier molecular flexibility index (Phi) is 4.87. The summed E-state index contributed by atoms with van der Waals surface area (Å²) in [5, 5.41) is 9.45. The number of carboxylic acid groups (broad SMARTS) is 1. The molecular formula is C16H16FNO3. The first kappa shape index (κ1) is 15.0. The lowest BCUT2D eigenvalue weighted by atomic mass is 9.95. The van der Waals surface area contributed by atoms with E-state index in [4.69, 9.17) is 4.74 Å². The monoisotopic (exact) mass is 289 g/mol. The Labute approximate surface area is 122 Å². The van der Waals surface area contributed by atoms with E-state index in [1.807, 2.05) is 6.92 Å². The summed E-state index contributed by atoms with van der Waals surface area (Å²) in [4.78, 5) is 15.7. The summed E-state index contributed by atoms with van der Waals surface area (Å²) in [7, 11) is 0. The first-order valence-electron chi connectivity index (χ1n) is 6.67. The van der Waals surface area contributed by atoms with Gasteiger partial charge in [0.25, 0.3) is 0 Å². The van der Waals surface area contributed by atoms with Crippen molar-refractivity contribution in [2.75, 3.05) is 6.61 Å². The van der Waals surface area contributed by atoms with E-state index in [9.17, 15) is 14.3 Å². The van der Waals surface area contributed by atoms with Crippen molar-refractivity contribution >= 4 is 5.97 Å². The zero-order chi connectivity index (χ0) is 15.2. The zero-order valence-corrected chi connectivity index (χ0v) is 11.6. The first-order valence-corrected chi connectivity index (χ1v) is 6.67. The van der Waals surface area contributed by atoms with Crippen LogP contribution >= 0.6 is 0 Å². The van der Waals surface area contributed by atoms with Crippen molar-refractivity contribution in [3.05, 3.63) is 59.7 Å². The van der Waals surface area contributed by atoms with Crippen LogP contribution in [-0.4, -0.2) is 22.7 Å². The molecule has 0 saturated heterocycles. The number of aliphatic carboxylic acids is 1. The van der Waals surface area contributed by atoms with Crippen molar-refractivity contribution in [3.63, 3.8) is 0 Å². The Hall–Kier alpha value is -2.43. The zero-order valence-electron chi connectivity index (χ0n) is 11.6. The molecule has 0 spiro atoms. The second-order valence-electron chi connectivity index (χ2n) is 4.51. The fourth-order valence-corrected chi connectivity index (χ4v) is 2.13. The molecule has 0 aliphatic heterocycles. The number of carbonyl (C=O) groups is 1. The van der Waals surface area contributed by atoms with E-state index in [0.717, 1.165) is 0 Å². The Morgan fingerprint density at radius 2 is 2.10 bits per heavy atom. The van der Waals surface area contributed by atoms with Crippen LogP contribution in [0.5, 0.6) is 5.75 Å². The van der Waals surface area contributed by atoms with Crippen LogP contribution < -0.4 is 4.74 Å². The van der Waals surface area contributed by atoms with Crippen LogP contribution in [0, 0.1) is 5.82 Å². The van der Waals surface area contributed by atoms with Crippen molar-refractivity contribution in [2.24, 2.45) is 0 Å². The highest BCUT2D eigenvalue weighted by Gasteiger charge is 2.26. The standard InChI is InChI=1S/C16H16FNO3/c1-2-21-14-8-5-9-18-15(14)12(16(19)20)10-11-6-3-4-7-13(11)17/h3-9,12H,2,10H2,1H3,(H,19,20). The largest absolute Gasteiger partial charge is 0.492 e. The summed E-state index contributed by atoms with van der Waals surface area (Å²) in [6.07, 6.45) is 1.54. The van der Waals surface area contributed by atoms with Gasteiger partial charge in [0, 0.05) is 6.20 Å². The molecule has 1 N–H and O–H groups in total. The van der Waals surface area contributed by atoms with Gasteiger partial charge in [-0.2, -0.15) is 0 Å². The lowest BCUT2D eigenvalue weighted by Crippen LogP contribution is -2.17. The molecule has 2 rings (SSSR count). The van der Waals surface area contributed by atoms with Gasteiger partial charge in [-0.1, -0.05) is 18.2 Å². The van der Waals surface area contributed by atoms with E-state index in [0.29, 0.717) is 23.6 Å². The third-order valence-corrected chi connectivity index (χ3v) is 3.11. The molecule has 21 heavy (non-hydrogen) atoms. The van der Waals surface area contributed by atoms with Gasteiger partial charge in [-0.25, -0.2) is 4.39 Å². The summed E-state index contributed by atoms with van der Waals surface area (Å²) in [5.41, 5.74) is 0.660. The van der Waals surface area contributed by atoms with Crippen LogP contribution in [0.25, 0.3) is 0 Å². The van der Waals surface area contributed by atoms with E-state index in [1.165, 1.54) is 12.3 Å². The Morgan fingerprint density at radius 3 is 2.76 bits per heavy atom. The fraction of sp³-hybridized carbons (Fsp3) is 0.250.